The average molecular weight is 380 g/mol. The summed E-state index contributed by atoms with van der Waals surface area (Å²) in [6.45, 7) is 0.615. The van der Waals surface area contributed by atoms with Crippen LogP contribution in [-0.2, 0) is 6.54 Å². The molecule has 90 valence electrons. The van der Waals surface area contributed by atoms with E-state index >= 15 is 0 Å². The Morgan fingerprint density at radius 2 is 2.06 bits per heavy atom. The van der Waals surface area contributed by atoms with Gasteiger partial charge in [-0.3, -0.25) is 0 Å². The van der Waals surface area contributed by atoms with Crippen LogP contribution in [0, 0.1) is 5.82 Å². The van der Waals surface area contributed by atoms with Crippen molar-refractivity contribution in [2.75, 3.05) is 11.1 Å². The zero-order valence-electron chi connectivity index (χ0n) is 8.64. The van der Waals surface area contributed by atoms with E-state index in [0.29, 0.717) is 22.4 Å². The Hall–Kier alpha value is -0.590. The van der Waals surface area contributed by atoms with Gasteiger partial charge in [-0.1, -0.05) is 0 Å². The highest BCUT2D eigenvalue weighted by Gasteiger charge is 2.07. The molecule has 0 aliphatic carbocycles. The van der Waals surface area contributed by atoms with E-state index in [-0.39, 0.29) is 5.82 Å². The number of halogens is 3. The summed E-state index contributed by atoms with van der Waals surface area (Å²) < 4.78 is 14.8. The maximum absolute atomic E-state index is 13.4. The summed E-state index contributed by atoms with van der Waals surface area (Å²) in [6.07, 6.45) is 0. The van der Waals surface area contributed by atoms with Gasteiger partial charge in [0.2, 0.25) is 0 Å². The molecule has 3 N–H and O–H groups in total. The maximum atomic E-state index is 13.4. The second-order valence-electron chi connectivity index (χ2n) is 3.40. The smallest absolute Gasteiger partial charge is 0.139 e. The van der Waals surface area contributed by atoms with Gasteiger partial charge in [0, 0.05) is 15.4 Å². The highest BCUT2D eigenvalue weighted by atomic mass is 79.9. The number of nitrogens with two attached hydrogens (primary N) is 1. The van der Waals surface area contributed by atoms with Gasteiger partial charge in [-0.2, -0.15) is 0 Å². The number of thiophene rings is 1. The van der Waals surface area contributed by atoms with Crippen LogP contribution in [0.5, 0.6) is 0 Å². The first-order chi connectivity index (χ1) is 8.08. The second kappa shape index (κ2) is 5.37. The van der Waals surface area contributed by atoms with E-state index in [1.807, 2.05) is 11.4 Å². The fourth-order valence-corrected chi connectivity index (χ4v) is 3.14. The molecular weight excluding hydrogens is 371 g/mol. The maximum Gasteiger partial charge on any atom is 0.139 e. The Balaban J connectivity index is 2.14. The standard InChI is InChI=1S/C11H9Br2FN2S/c12-6-1-2-17-11(6)5-16-10-4-8(14)7(13)3-9(10)15/h1-4,16H,5,15H2. The van der Waals surface area contributed by atoms with Crippen LogP contribution in [0.3, 0.4) is 0 Å². The average Bonchev–Trinajstić information content (AvgIpc) is 2.68. The van der Waals surface area contributed by atoms with Gasteiger partial charge in [-0.25, -0.2) is 4.39 Å². The number of nitrogens with one attached hydrogen (secondary N) is 1. The lowest BCUT2D eigenvalue weighted by molar-refractivity contribution is 0.622. The molecule has 0 aliphatic heterocycles. The van der Waals surface area contributed by atoms with E-state index in [1.165, 1.54) is 6.07 Å². The molecule has 0 radical (unpaired) electrons. The Morgan fingerprint density at radius 3 is 2.71 bits per heavy atom. The number of hydrogen-bond donors (Lipinski definition) is 2. The fourth-order valence-electron chi connectivity index (χ4n) is 1.34. The zero-order valence-corrected chi connectivity index (χ0v) is 12.6. The highest BCUT2D eigenvalue weighted by molar-refractivity contribution is 9.10. The van der Waals surface area contributed by atoms with E-state index in [4.69, 9.17) is 5.73 Å². The van der Waals surface area contributed by atoms with Crippen molar-refractivity contribution >= 4 is 54.6 Å². The normalized spacial score (nSPS) is 10.5. The molecule has 17 heavy (non-hydrogen) atoms. The molecule has 6 heteroatoms. The Kier molecular flexibility index (Phi) is 4.06. The molecule has 2 rings (SSSR count). The van der Waals surface area contributed by atoms with E-state index < -0.39 is 0 Å². The molecule has 1 heterocycles. The van der Waals surface area contributed by atoms with Crippen molar-refractivity contribution in [1.29, 1.82) is 0 Å². The van der Waals surface area contributed by atoms with Crippen molar-refractivity contribution in [3.05, 3.63) is 43.2 Å². The van der Waals surface area contributed by atoms with E-state index in [9.17, 15) is 4.39 Å². The summed E-state index contributed by atoms with van der Waals surface area (Å²) in [4.78, 5) is 1.15. The molecule has 2 aromatic rings. The van der Waals surface area contributed by atoms with Crippen molar-refractivity contribution in [3.8, 4) is 0 Å². The second-order valence-corrected chi connectivity index (χ2v) is 6.11. The van der Waals surface area contributed by atoms with Gasteiger partial charge in [0.1, 0.15) is 5.82 Å². The van der Waals surface area contributed by atoms with Crippen LogP contribution in [0.15, 0.2) is 32.5 Å². The Morgan fingerprint density at radius 1 is 1.29 bits per heavy atom. The predicted molar refractivity (Wildman–Crippen MR) is 77.9 cm³/mol. The summed E-state index contributed by atoms with van der Waals surface area (Å²) in [7, 11) is 0. The Labute approximate surface area is 119 Å². The minimum Gasteiger partial charge on any atom is -0.397 e. The van der Waals surface area contributed by atoms with Crippen LogP contribution in [0.2, 0.25) is 0 Å². The zero-order chi connectivity index (χ0) is 12.4. The third-order valence-electron chi connectivity index (χ3n) is 2.22. The van der Waals surface area contributed by atoms with Crippen LogP contribution in [0.25, 0.3) is 0 Å². The molecule has 0 amide bonds. The lowest BCUT2D eigenvalue weighted by Gasteiger charge is -2.09. The molecule has 2 nitrogen and oxygen atoms in total. The van der Waals surface area contributed by atoms with Gasteiger partial charge in [0.05, 0.1) is 22.4 Å². The molecule has 0 fully saturated rings. The number of anilines is 2. The van der Waals surface area contributed by atoms with Gasteiger partial charge in [-0.15, -0.1) is 11.3 Å². The number of rotatable bonds is 3. The number of hydrogen-bond acceptors (Lipinski definition) is 3. The first-order valence-electron chi connectivity index (χ1n) is 4.78. The van der Waals surface area contributed by atoms with Gasteiger partial charge >= 0.3 is 0 Å². The molecule has 0 saturated carbocycles. The quantitative estimate of drug-likeness (QED) is 0.764. The molecule has 0 aliphatic rings. The van der Waals surface area contributed by atoms with Crippen LogP contribution in [0.1, 0.15) is 4.88 Å². The molecule has 0 spiro atoms. The molecule has 1 aromatic heterocycles. The topological polar surface area (TPSA) is 38.0 Å². The lowest BCUT2D eigenvalue weighted by Crippen LogP contribution is -2.02. The molecule has 0 bridgehead atoms. The summed E-state index contributed by atoms with van der Waals surface area (Å²) in [5.74, 6) is -0.327. The van der Waals surface area contributed by atoms with Crippen molar-refractivity contribution in [2.45, 2.75) is 6.54 Å². The fraction of sp³-hybridized carbons (Fsp3) is 0.0909. The SMILES string of the molecule is Nc1cc(Br)c(F)cc1NCc1sccc1Br. The number of benzene rings is 1. The molecule has 0 saturated heterocycles. The molecule has 0 atom stereocenters. The van der Waals surface area contributed by atoms with E-state index in [1.54, 1.807) is 17.4 Å². The minimum absolute atomic E-state index is 0.327. The van der Waals surface area contributed by atoms with Crippen molar-refractivity contribution < 1.29 is 4.39 Å². The first-order valence-corrected chi connectivity index (χ1v) is 7.24. The molecular formula is C11H9Br2FN2S. The Bertz CT molecular complexity index is 542. The third-order valence-corrected chi connectivity index (χ3v) is 4.76. The number of nitrogen functional groups attached to an aromatic ring is 1. The van der Waals surface area contributed by atoms with Crippen LogP contribution in [0.4, 0.5) is 15.8 Å². The van der Waals surface area contributed by atoms with E-state index in [0.717, 1.165) is 9.35 Å². The summed E-state index contributed by atoms with van der Waals surface area (Å²) >= 11 is 8.16. The van der Waals surface area contributed by atoms with Gasteiger partial charge < -0.3 is 11.1 Å². The van der Waals surface area contributed by atoms with Crippen LogP contribution >= 0.6 is 43.2 Å². The molecule has 1 aromatic carbocycles. The van der Waals surface area contributed by atoms with Crippen molar-refractivity contribution in [1.82, 2.24) is 0 Å². The predicted octanol–water partition coefficient (Wildman–Crippen LogP) is 4.61. The van der Waals surface area contributed by atoms with Crippen LogP contribution in [-0.4, -0.2) is 0 Å². The minimum atomic E-state index is -0.327. The first kappa shape index (κ1) is 12.9. The highest BCUT2D eigenvalue weighted by Crippen LogP contribution is 2.28. The summed E-state index contributed by atoms with van der Waals surface area (Å²) in [6, 6.07) is 4.93. The van der Waals surface area contributed by atoms with Gasteiger partial charge in [0.15, 0.2) is 0 Å². The third kappa shape index (κ3) is 3.00. The van der Waals surface area contributed by atoms with Crippen molar-refractivity contribution in [3.63, 3.8) is 0 Å². The molecule has 0 unspecified atom stereocenters. The summed E-state index contributed by atoms with van der Waals surface area (Å²) in [5.41, 5.74) is 6.92. The van der Waals surface area contributed by atoms with E-state index in [2.05, 4.69) is 37.2 Å². The largest absolute Gasteiger partial charge is 0.397 e. The van der Waals surface area contributed by atoms with Crippen LogP contribution < -0.4 is 11.1 Å². The van der Waals surface area contributed by atoms with Gasteiger partial charge in [0.25, 0.3) is 0 Å². The van der Waals surface area contributed by atoms with Crippen molar-refractivity contribution in [2.24, 2.45) is 0 Å². The van der Waals surface area contributed by atoms with Gasteiger partial charge in [-0.05, 0) is 49.4 Å². The summed E-state index contributed by atoms with van der Waals surface area (Å²) in [5, 5.41) is 5.11. The monoisotopic (exact) mass is 378 g/mol. The lowest BCUT2D eigenvalue weighted by atomic mass is 10.2.